The van der Waals surface area contributed by atoms with E-state index in [1.165, 1.54) is 5.56 Å². The Hall–Kier alpha value is -1.43. The second-order valence-corrected chi connectivity index (χ2v) is 9.30. The number of benzene rings is 1. The van der Waals surface area contributed by atoms with Crippen LogP contribution in [0, 0.1) is 11.3 Å². The van der Waals surface area contributed by atoms with Gasteiger partial charge >= 0.3 is 5.97 Å². The van der Waals surface area contributed by atoms with Crippen LogP contribution in [0.2, 0.25) is 0 Å². The SMILES string of the molecule is CCOC(=O)[C@@]12CC[C@@H](N3CCOCC3)C[C@H]1CCN(CCCc1ccccc1)C2. The highest BCUT2D eigenvalue weighted by Gasteiger charge is 2.53. The van der Waals surface area contributed by atoms with Crippen LogP contribution in [0.3, 0.4) is 0 Å². The fraction of sp³-hybridized carbons (Fsp3) is 0.720. The molecule has 1 saturated carbocycles. The predicted molar refractivity (Wildman–Crippen MR) is 118 cm³/mol. The van der Waals surface area contributed by atoms with E-state index in [9.17, 15) is 4.79 Å². The van der Waals surface area contributed by atoms with Crippen molar-refractivity contribution in [2.24, 2.45) is 11.3 Å². The normalized spacial score (nSPS) is 30.6. The molecular weight excluding hydrogens is 376 g/mol. The second-order valence-electron chi connectivity index (χ2n) is 9.30. The van der Waals surface area contributed by atoms with Crippen molar-refractivity contribution < 1.29 is 14.3 Å². The molecule has 3 atom stereocenters. The summed E-state index contributed by atoms with van der Waals surface area (Å²) in [6.07, 6.45) is 6.57. The molecule has 0 unspecified atom stereocenters. The quantitative estimate of drug-likeness (QED) is 0.640. The molecule has 0 bridgehead atoms. The molecule has 2 saturated heterocycles. The molecule has 1 aliphatic carbocycles. The number of fused-ring (bicyclic) bond motifs is 1. The molecule has 3 aliphatic rings. The maximum Gasteiger partial charge on any atom is 0.313 e. The van der Waals surface area contributed by atoms with Crippen LogP contribution in [0.25, 0.3) is 0 Å². The first-order chi connectivity index (χ1) is 14.7. The Balaban J connectivity index is 1.38. The van der Waals surface area contributed by atoms with Gasteiger partial charge in [-0.1, -0.05) is 30.3 Å². The van der Waals surface area contributed by atoms with Crippen molar-refractivity contribution in [2.75, 3.05) is 52.5 Å². The maximum absolute atomic E-state index is 13.2. The van der Waals surface area contributed by atoms with Gasteiger partial charge in [-0.25, -0.2) is 0 Å². The van der Waals surface area contributed by atoms with Crippen LogP contribution in [0.15, 0.2) is 30.3 Å². The molecule has 3 fully saturated rings. The smallest absolute Gasteiger partial charge is 0.313 e. The number of hydrogen-bond donors (Lipinski definition) is 0. The lowest BCUT2D eigenvalue weighted by Gasteiger charge is -2.52. The van der Waals surface area contributed by atoms with E-state index >= 15 is 0 Å². The monoisotopic (exact) mass is 414 g/mol. The van der Waals surface area contributed by atoms with Gasteiger partial charge in [0.1, 0.15) is 0 Å². The summed E-state index contributed by atoms with van der Waals surface area (Å²) in [5, 5.41) is 0. The lowest BCUT2D eigenvalue weighted by molar-refractivity contribution is -0.169. The number of carbonyl (C=O) groups is 1. The zero-order valence-electron chi connectivity index (χ0n) is 18.6. The lowest BCUT2D eigenvalue weighted by Crippen LogP contribution is -2.59. The van der Waals surface area contributed by atoms with E-state index in [2.05, 4.69) is 40.1 Å². The molecule has 0 radical (unpaired) electrons. The molecule has 0 aromatic heterocycles. The van der Waals surface area contributed by atoms with Crippen molar-refractivity contribution in [3.05, 3.63) is 35.9 Å². The third-order valence-electron chi connectivity index (χ3n) is 7.59. The number of rotatable bonds is 7. The maximum atomic E-state index is 13.2. The van der Waals surface area contributed by atoms with Crippen LogP contribution in [0.5, 0.6) is 0 Å². The van der Waals surface area contributed by atoms with Crippen molar-refractivity contribution in [2.45, 2.75) is 51.5 Å². The highest BCUT2D eigenvalue weighted by molar-refractivity contribution is 5.78. The van der Waals surface area contributed by atoms with E-state index in [0.717, 1.165) is 84.5 Å². The number of ether oxygens (including phenoxy) is 2. The fourth-order valence-electron chi connectivity index (χ4n) is 5.94. The van der Waals surface area contributed by atoms with E-state index in [0.29, 0.717) is 18.6 Å². The molecule has 30 heavy (non-hydrogen) atoms. The molecule has 0 spiro atoms. The van der Waals surface area contributed by atoms with Crippen LogP contribution in [0.4, 0.5) is 0 Å². The van der Waals surface area contributed by atoms with E-state index in [1.54, 1.807) is 0 Å². The molecule has 166 valence electrons. The minimum Gasteiger partial charge on any atom is -0.466 e. The molecule has 5 nitrogen and oxygen atoms in total. The van der Waals surface area contributed by atoms with Crippen molar-refractivity contribution in [3.8, 4) is 0 Å². The van der Waals surface area contributed by atoms with Crippen molar-refractivity contribution in [3.63, 3.8) is 0 Å². The Labute approximate surface area is 181 Å². The molecule has 1 aromatic rings. The van der Waals surface area contributed by atoms with Crippen LogP contribution in [0.1, 0.15) is 44.6 Å². The number of nitrogens with zero attached hydrogens (tertiary/aromatic N) is 2. The Morgan fingerprint density at radius 2 is 1.97 bits per heavy atom. The number of hydrogen-bond acceptors (Lipinski definition) is 5. The van der Waals surface area contributed by atoms with Gasteiger partial charge in [-0.05, 0) is 70.0 Å². The van der Waals surface area contributed by atoms with Crippen molar-refractivity contribution in [1.82, 2.24) is 9.80 Å². The Morgan fingerprint density at radius 1 is 1.17 bits per heavy atom. The third-order valence-corrected chi connectivity index (χ3v) is 7.59. The van der Waals surface area contributed by atoms with E-state index < -0.39 is 0 Å². The van der Waals surface area contributed by atoms with E-state index in [-0.39, 0.29) is 11.4 Å². The van der Waals surface area contributed by atoms with Gasteiger partial charge in [0.15, 0.2) is 0 Å². The summed E-state index contributed by atoms with van der Waals surface area (Å²) in [5.41, 5.74) is 1.10. The van der Waals surface area contributed by atoms with Crippen molar-refractivity contribution in [1.29, 1.82) is 0 Å². The first-order valence-corrected chi connectivity index (χ1v) is 12.0. The summed E-state index contributed by atoms with van der Waals surface area (Å²) in [6.45, 7) is 9.23. The van der Waals surface area contributed by atoms with E-state index in [1.807, 2.05) is 6.92 Å². The Kier molecular flexibility index (Phi) is 7.45. The van der Waals surface area contributed by atoms with E-state index in [4.69, 9.17) is 9.47 Å². The molecule has 2 aliphatic heterocycles. The lowest BCUT2D eigenvalue weighted by atomic mass is 9.61. The van der Waals surface area contributed by atoms with Crippen LogP contribution in [-0.4, -0.2) is 74.4 Å². The Morgan fingerprint density at radius 3 is 2.73 bits per heavy atom. The first-order valence-electron chi connectivity index (χ1n) is 12.0. The summed E-state index contributed by atoms with van der Waals surface area (Å²) in [7, 11) is 0. The molecular formula is C25H38N2O3. The molecule has 1 aromatic carbocycles. The summed E-state index contributed by atoms with van der Waals surface area (Å²) in [6, 6.07) is 11.3. The average molecular weight is 415 g/mol. The second kappa shape index (κ2) is 10.3. The van der Waals surface area contributed by atoms with Gasteiger partial charge in [0.2, 0.25) is 0 Å². The molecule has 5 heteroatoms. The predicted octanol–water partition coefficient (Wildman–Crippen LogP) is 3.38. The zero-order valence-corrected chi connectivity index (χ0v) is 18.6. The highest BCUT2D eigenvalue weighted by atomic mass is 16.5. The largest absolute Gasteiger partial charge is 0.466 e. The summed E-state index contributed by atoms with van der Waals surface area (Å²) in [5.74, 6) is 0.506. The number of aryl methyl sites for hydroxylation is 1. The molecule has 4 rings (SSSR count). The van der Waals surface area contributed by atoms with Crippen molar-refractivity contribution >= 4 is 5.97 Å². The molecule has 0 N–H and O–H groups in total. The number of morpholine rings is 1. The number of esters is 1. The van der Waals surface area contributed by atoms with Crippen LogP contribution >= 0.6 is 0 Å². The number of piperidine rings is 1. The molecule has 0 amide bonds. The third kappa shape index (κ3) is 4.90. The molecule has 2 heterocycles. The minimum absolute atomic E-state index is 0.0585. The summed E-state index contributed by atoms with van der Waals surface area (Å²) in [4.78, 5) is 18.3. The number of likely N-dealkylation sites (tertiary alicyclic amines) is 1. The minimum atomic E-state index is -0.302. The van der Waals surface area contributed by atoms with Gasteiger partial charge in [0.25, 0.3) is 0 Å². The topological polar surface area (TPSA) is 42.0 Å². The van der Waals surface area contributed by atoms with Gasteiger partial charge in [0.05, 0.1) is 25.2 Å². The number of carbonyl (C=O) groups excluding carboxylic acids is 1. The summed E-state index contributed by atoms with van der Waals surface area (Å²) >= 11 is 0. The van der Waals surface area contributed by atoms with Crippen LogP contribution in [-0.2, 0) is 20.7 Å². The van der Waals surface area contributed by atoms with Gasteiger partial charge < -0.3 is 14.4 Å². The van der Waals surface area contributed by atoms with Gasteiger partial charge in [-0.2, -0.15) is 0 Å². The Bertz CT molecular complexity index is 676. The zero-order chi connectivity index (χ0) is 20.8. The standard InChI is InChI=1S/C25H38N2O3/c1-2-30-24(28)25-12-10-23(27-15-17-29-18-16-27)19-22(25)11-14-26(20-25)13-6-9-21-7-4-3-5-8-21/h3-5,7-8,22-23H,2,6,9-20H2,1H3/t22-,23-,25-/m1/s1. The van der Waals surface area contributed by atoms with Gasteiger partial charge in [0, 0.05) is 25.7 Å². The fourth-order valence-corrected chi connectivity index (χ4v) is 5.94. The van der Waals surface area contributed by atoms with Crippen LogP contribution < -0.4 is 0 Å². The average Bonchev–Trinajstić information content (AvgIpc) is 2.80. The van der Waals surface area contributed by atoms with Gasteiger partial charge in [-0.15, -0.1) is 0 Å². The summed E-state index contributed by atoms with van der Waals surface area (Å²) < 4.78 is 11.2. The highest BCUT2D eigenvalue weighted by Crippen LogP contribution is 2.48. The first kappa shape index (κ1) is 21.8. The van der Waals surface area contributed by atoms with Gasteiger partial charge in [-0.3, -0.25) is 9.69 Å².